The van der Waals surface area contributed by atoms with Crippen molar-refractivity contribution in [3.05, 3.63) is 60.9 Å². The summed E-state index contributed by atoms with van der Waals surface area (Å²) in [6.45, 7) is 3.84. The van der Waals surface area contributed by atoms with E-state index in [0.29, 0.717) is 12.4 Å². The Morgan fingerprint density at radius 2 is 2.04 bits per heavy atom. The van der Waals surface area contributed by atoms with E-state index in [2.05, 4.69) is 11.3 Å². The van der Waals surface area contributed by atoms with Crippen molar-refractivity contribution < 1.29 is 22.3 Å². The average molecular weight is 337 g/mol. The van der Waals surface area contributed by atoms with E-state index in [1.54, 1.807) is 24.3 Å². The molecule has 0 atom stereocenters. The van der Waals surface area contributed by atoms with Gasteiger partial charge in [0, 0.05) is 6.07 Å². The maximum atomic E-state index is 13.4. The van der Waals surface area contributed by atoms with Crippen LogP contribution in [0.25, 0.3) is 0 Å². The summed E-state index contributed by atoms with van der Waals surface area (Å²) in [6.07, 6.45) is 1.58. The first-order valence-electron chi connectivity index (χ1n) is 6.66. The van der Waals surface area contributed by atoms with Crippen LogP contribution >= 0.6 is 0 Å². The van der Waals surface area contributed by atoms with Gasteiger partial charge in [-0.2, -0.15) is 0 Å². The number of sulfonamides is 1. The number of benzene rings is 2. The van der Waals surface area contributed by atoms with Gasteiger partial charge in [0.15, 0.2) is 0 Å². The van der Waals surface area contributed by atoms with E-state index in [4.69, 9.17) is 9.47 Å². The highest BCUT2D eigenvalue weighted by Gasteiger charge is 2.20. The first-order chi connectivity index (χ1) is 11.0. The number of nitrogens with one attached hydrogen (secondary N) is 1. The van der Waals surface area contributed by atoms with Crippen molar-refractivity contribution in [2.75, 3.05) is 18.4 Å². The zero-order valence-electron chi connectivity index (χ0n) is 12.5. The lowest BCUT2D eigenvalue weighted by atomic mass is 10.3. The van der Waals surface area contributed by atoms with Gasteiger partial charge in [-0.1, -0.05) is 18.7 Å². The smallest absolute Gasteiger partial charge is 0.265 e. The van der Waals surface area contributed by atoms with E-state index in [0.717, 1.165) is 12.1 Å². The lowest BCUT2D eigenvalue weighted by Crippen LogP contribution is -2.14. The summed E-state index contributed by atoms with van der Waals surface area (Å²) in [4.78, 5) is -0.280. The molecule has 0 spiro atoms. The average Bonchev–Trinajstić information content (AvgIpc) is 2.53. The van der Waals surface area contributed by atoms with E-state index in [9.17, 15) is 12.8 Å². The van der Waals surface area contributed by atoms with E-state index < -0.39 is 15.8 Å². The van der Waals surface area contributed by atoms with Gasteiger partial charge in [0.2, 0.25) is 0 Å². The number of rotatable bonds is 7. The molecule has 23 heavy (non-hydrogen) atoms. The van der Waals surface area contributed by atoms with E-state index >= 15 is 0 Å². The fourth-order valence-corrected chi connectivity index (χ4v) is 3.11. The topological polar surface area (TPSA) is 64.6 Å². The van der Waals surface area contributed by atoms with Gasteiger partial charge in [-0.05, 0) is 30.3 Å². The Labute approximate surface area is 134 Å². The van der Waals surface area contributed by atoms with Crippen molar-refractivity contribution in [3.8, 4) is 11.5 Å². The SMILES string of the molecule is C=CCOc1cccc(NS(=O)(=O)c2cc(F)ccc2OC)c1. The van der Waals surface area contributed by atoms with Crippen molar-refractivity contribution in [3.63, 3.8) is 0 Å². The van der Waals surface area contributed by atoms with Crippen LogP contribution in [-0.4, -0.2) is 22.1 Å². The highest BCUT2D eigenvalue weighted by Crippen LogP contribution is 2.27. The van der Waals surface area contributed by atoms with Crippen LogP contribution < -0.4 is 14.2 Å². The van der Waals surface area contributed by atoms with Gasteiger partial charge in [-0.3, -0.25) is 4.72 Å². The number of hydrogen-bond acceptors (Lipinski definition) is 4. The monoisotopic (exact) mass is 337 g/mol. The Morgan fingerprint density at radius 3 is 2.74 bits per heavy atom. The Hall–Kier alpha value is -2.54. The summed E-state index contributed by atoms with van der Waals surface area (Å²) in [6, 6.07) is 9.69. The predicted molar refractivity (Wildman–Crippen MR) is 85.9 cm³/mol. The summed E-state index contributed by atoms with van der Waals surface area (Å²) >= 11 is 0. The Bertz CT molecular complexity index is 805. The van der Waals surface area contributed by atoms with Crippen molar-refractivity contribution >= 4 is 15.7 Å². The molecule has 0 aliphatic carbocycles. The molecule has 2 aromatic rings. The van der Waals surface area contributed by atoms with Crippen molar-refractivity contribution in [2.24, 2.45) is 0 Å². The lowest BCUT2D eigenvalue weighted by Gasteiger charge is -2.12. The molecule has 0 amide bonds. The van der Waals surface area contributed by atoms with Crippen LogP contribution in [0.4, 0.5) is 10.1 Å². The van der Waals surface area contributed by atoms with Crippen LogP contribution in [0, 0.1) is 5.82 Å². The van der Waals surface area contributed by atoms with Crippen LogP contribution in [0.2, 0.25) is 0 Å². The largest absolute Gasteiger partial charge is 0.495 e. The molecular weight excluding hydrogens is 321 g/mol. The van der Waals surface area contributed by atoms with Crippen LogP contribution in [0.15, 0.2) is 60.0 Å². The molecule has 2 rings (SSSR count). The Morgan fingerprint density at radius 1 is 1.26 bits per heavy atom. The zero-order valence-corrected chi connectivity index (χ0v) is 13.3. The summed E-state index contributed by atoms with van der Waals surface area (Å²) in [5, 5.41) is 0. The highest BCUT2D eigenvalue weighted by atomic mass is 32.2. The minimum Gasteiger partial charge on any atom is -0.495 e. The fourth-order valence-electron chi connectivity index (χ4n) is 1.88. The molecular formula is C16H16FNO4S. The molecule has 7 heteroatoms. The minimum atomic E-state index is -4.01. The second-order valence-corrected chi connectivity index (χ2v) is 6.18. The molecule has 0 heterocycles. The first kappa shape index (κ1) is 16.8. The van der Waals surface area contributed by atoms with Gasteiger partial charge >= 0.3 is 0 Å². The van der Waals surface area contributed by atoms with Gasteiger partial charge in [0.05, 0.1) is 12.8 Å². The summed E-state index contributed by atoms with van der Waals surface area (Å²) in [5.41, 5.74) is 0.290. The number of anilines is 1. The molecule has 0 saturated heterocycles. The van der Waals surface area contributed by atoms with Gasteiger partial charge in [0.1, 0.15) is 28.8 Å². The molecule has 0 radical (unpaired) electrons. The molecule has 0 unspecified atom stereocenters. The second kappa shape index (κ2) is 7.15. The number of halogens is 1. The predicted octanol–water partition coefficient (Wildman–Crippen LogP) is 3.20. The molecule has 0 aliphatic rings. The normalized spacial score (nSPS) is 10.9. The molecule has 5 nitrogen and oxygen atoms in total. The minimum absolute atomic E-state index is 0.0537. The molecule has 0 aliphatic heterocycles. The maximum absolute atomic E-state index is 13.4. The standard InChI is InChI=1S/C16H16FNO4S/c1-3-9-22-14-6-4-5-13(11-14)18-23(19,20)16-10-12(17)7-8-15(16)21-2/h3-8,10-11,18H,1,9H2,2H3. The number of methoxy groups -OCH3 is 1. The van der Waals surface area contributed by atoms with Crippen molar-refractivity contribution in [1.29, 1.82) is 0 Å². The lowest BCUT2D eigenvalue weighted by molar-refractivity contribution is 0.363. The highest BCUT2D eigenvalue weighted by molar-refractivity contribution is 7.92. The Kier molecular flexibility index (Phi) is 5.23. The third-order valence-electron chi connectivity index (χ3n) is 2.87. The second-order valence-electron chi connectivity index (χ2n) is 4.53. The Balaban J connectivity index is 2.31. The van der Waals surface area contributed by atoms with Crippen LogP contribution in [0.1, 0.15) is 0 Å². The van der Waals surface area contributed by atoms with Crippen LogP contribution in [0.3, 0.4) is 0 Å². The number of hydrogen-bond donors (Lipinski definition) is 1. The maximum Gasteiger partial charge on any atom is 0.265 e. The summed E-state index contributed by atoms with van der Waals surface area (Å²) < 4.78 is 51.0. The van der Waals surface area contributed by atoms with Gasteiger partial charge in [-0.15, -0.1) is 0 Å². The zero-order chi connectivity index (χ0) is 16.9. The third-order valence-corrected chi connectivity index (χ3v) is 4.27. The molecule has 0 fully saturated rings. The van der Waals surface area contributed by atoms with Gasteiger partial charge in [-0.25, -0.2) is 12.8 Å². The van der Waals surface area contributed by atoms with Gasteiger partial charge < -0.3 is 9.47 Å². The quantitative estimate of drug-likeness (QED) is 0.788. The van der Waals surface area contributed by atoms with Crippen LogP contribution in [0.5, 0.6) is 11.5 Å². The summed E-state index contributed by atoms with van der Waals surface area (Å²) in [7, 11) is -2.69. The molecule has 122 valence electrons. The number of ether oxygens (including phenoxy) is 2. The molecule has 1 N–H and O–H groups in total. The summed E-state index contributed by atoms with van der Waals surface area (Å²) in [5.74, 6) is -0.136. The molecule has 0 aromatic heterocycles. The molecule has 0 bridgehead atoms. The fraction of sp³-hybridized carbons (Fsp3) is 0.125. The van der Waals surface area contributed by atoms with E-state index in [-0.39, 0.29) is 16.3 Å². The van der Waals surface area contributed by atoms with Crippen molar-refractivity contribution in [1.82, 2.24) is 0 Å². The third kappa shape index (κ3) is 4.23. The molecule has 2 aromatic carbocycles. The molecule has 0 saturated carbocycles. The van der Waals surface area contributed by atoms with E-state index in [1.165, 1.54) is 19.2 Å². The van der Waals surface area contributed by atoms with Gasteiger partial charge in [0.25, 0.3) is 10.0 Å². The first-order valence-corrected chi connectivity index (χ1v) is 8.14. The van der Waals surface area contributed by atoms with Crippen LogP contribution in [-0.2, 0) is 10.0 Å². The van der Waals surface area contributed by atoms with E-state index in [1.807, 2.05) is 0 Å². The van der Waals surface area contributed by atoms with Crippen molar-refractivity contribution in [2.45, 2.75) is 4.90 Å².